The van der Waals surface area contributed by atoms with Gasteiger partial charge in [-0.05, 0) is 37.1 Å². The minimum atomic E-state index is -2.41. The van der Waals surface area contributed by atoms with E-state index in [0.29, 0.717) is 22.2 Å². The summed E-state index contributed by atoms with van der Waals surface area (Å²) in [5, 5.41) is 3.76. The fourth-order valence-corrected chi connectivity index (χ4v) is 1.99. The number of nitrogens with one attached hydrogen (secondary N) is 1. The third kappa shape index (κ3) is 4.78. The normalized spacial score (nSPS) is 13.1. The molecular formula is C12H15Cl2F2N. The SMILES string of the molecule is CCCNC(Cc1ccc(Cl)cc1Cl)C(F)F. The first-order valence-corrected chi connectivity index (χ1v) is 6.25. The molecule has 1 aromatic carbocycles. The van der Waals surface area contributed by atoms with Crippen LogP contribution in [0.4, 0.5) is 8.78 Å². The van der Waals surface area contributed by atoms with Crippen LogP contribution in [0.15, 0.2) is 18.2 Å². The van der Waals surface area contributed by atoms with Gasteiger partial charge in [-0.2, -0.15) is 0 Å². The van der Waals surface area contributed by atoms with Crippen LogP contribution in [0.3, 0.4) is 0 Å². The Hall–Kier alpha value is -0.380. The standard InChI is InChI=1S/C12H15Cl2F2N/c1-2-5-17-11(12(15)16)6-8-3-4-9(13)7-10(8)14/h3-4,7,11-12,17H,2,5-6H2,1H3. The van der Waals surface area contributed by atoms with Crippen molar-refractivity contribution in [3.63, 3.8) is 0 Å². The third-order valence-electron chi connectivity index (χ3n) is 2.42. The Morgan fingerprint density at radius 3 is 2.53 bits per heavy atom. The first-order chi connectivity index (χ1) is 8.04. The van der Waals surface area contributed by atoms with Crippen molar-refractivity contribution in [2.75, 3.05) is 6.54 Å². The molecule has 0 aromatic heterocycles. The van der Waals surface area contributed by atoms with Crippen LogP contribution in [0, 0.1) is 0 Å². The largest absolute Gasteiger partial charge is 0.309 e. The van der Waals surface area contributed by atoms with Gasteiger partial charge in [-0.3, -0.25) is 0 Å². The molecule has 96 valence electrons. The predicted molar refractivity (Wildman–Crippen MR) is 68.3 cm³/mol. The summed E-state index contributed by atoms with van der Waals surface area (Å²) in [4.78, 5) is 0. The van der Waals surface area contributed by atoms with Crippen molar-refractivity contribution in [1.82, 2.24) is 5.32 Å². The topological polar surface area (TPSA) is 12.0 Å². The van der Waals surface area contributed by atoms with E-state index in [1.807, 2.05) is 6.92 Å². The summed E-state index contributed by atoms with van der Waals surface area (Å²) in [6, 6.07) is 4.05. The van der Waals surface area contributed by atoms with Crippen molar-refractivity contribution in [1.29, 1.82) is 0 Å². The fraction of sp³-hybridized carbons (Fsp3) is 0.500. The number of benzene rings is 1. The molecule has 0 aliphatic carbocycles. The summed E-state index contributed by atoms with van der Waals surface area (Å²) in [6.07, 6.45) is -1.39. The van der Waals surface area contributed by atoms with Gasteiger partial charge in [-0.15, -0.1) is 0 Å². The van der Waals surface area contributed by atoms with Crippen molar-refractivity contribution < 1.29 is 8.78 Å². The average molecular weight is 282 g/mol. The van der Waals surface area contributed by atoms with E-state index in [9.17, 15) is 8.78 Å². The molecule has 17 heavy (non-hydrogen) atoms. The van der Waals surface area contributed by atoms with Crippen molar-refractivity contribution in [3.05, 3.63) is 33.8 Å². The van der Waals surface area contributed by atoms with Gasteiger partial charge in [0.15, 0.2) is 0 Å². The first-order valence-electron chi connectivity index (χ1n) is 5.50. The molecule has 0 fully saturated rings. The predicted octanol–water partition coefficient (Wildman–Crippen LogP) is 4.17. The van der Waals surface area contributed by atoms with Gasteiger partial charge < -0.3 is 5.32 Å². The highest BCUT2D eigenvalue weighted by Crippen LogP contribution is 2.23. The van der Waals surface area contributed by atoms with E-state index >= 15 is 0 Å². The summed E-state index contributed by atoms with van der Waals surface area (Å²) in [5.74, 6) is 0. The number of rotatable bonds is 6. The van der Waals surface area contributed by atoms with Gasteiger partial charge in [0.25, 0.3) is 6.43 Å². The molecule has 0 aliphatic rings. The third-order valence-corrected chi connectivity index (χ3v) is 3.00. The van der Waals surface area contributed by atoms with E-state index in [1.54, 1.807) is 18.2 Å². The quantitative estimate of drug-likeness (QED) is 0.825. The van der Waals surface area contributed by atoms with Gasteiger partial charge in [-0.25, -0.2) is 8.78 Å². The highest BCUT2D eigenvalue weighted by atomic mass is 35.5. The second kappa shape index (κ2) is 7.14. The molecule has 1 rings (SSSR count). The van der Waals surface area contributed by atoms with Crippen molar-refractivity contribution in [2.24, 2.45) is 0 Å². The van der Waals surface area contributed by atoms with Crippen LogP contribution >= 0.6 is 23.2 Å². The Balaban J connectivity index is 2.71. The minimum Gasteiger partial charge on any atom is -0.309 e. The van der Waals surface area contributed by atoms with Crippen LogP contribution in [0.2, 0.25) is 10.0 Å². The van der Waals surface area contributed by atoms with Crippen molar-refractivity contribution >= 4 is 23.2 Å². The minimum absolute atomic E-state index is 0.202. The molecule has 0 amide bonds. The second-order valence-electron chi connectivity index (χ2n) is 3.83. The summed E-state index contributed by atoms with van der Waals surface area (Å²) >= 11 is 11.7. The van der Waals surface area contributed by atoms with E-state index in [4.69, 9.17) is 23.2 Å². The number of hydrogen-bond donors (Lipinski definition) is 1. The van der Waals surface area contributed by atoms with Crippen LogP contribution in [-0.2, 0) is 6.42 Å². The molecule has 1 N–H and O–H groups in total. The van der Waals surface area contributed by atoms with Crippen LogP contribution in [-0.4, -0.2) is 19.0 Å². The highest BCUT2D eigenvalue weighted by molar-refractivity contribution is 6.35. The Morgan fingerprint density at radius 1 is 1.29 bits per heavy atom. The zero-order valence-electron chi connectivity index (χ0n) is 9.52. The Morgan fingerprint density at radius 2 is 2.00 bits per heavy atom. The highest BCUT2D eigenvalue weighted by Gasteiger charge is 2.20. The average Bonchev–Trinajstić information content (AvgIpc) is 2.26. The lowest BCUT2D eigenvalue weighted by atomic mass is 10.1. The molecular weight excluding hydrogens is 267 g/mol. The van der Waals surface area contributed by atoms with Crippen molar-refractivity contribution in [2.45, 2.75) is 32.2 Å². The van der Waals surface area contributed by atoms with Crippen LogP contribution < -0.4 is 5.32 Å². The lowest BCUT2D eigenvalue weighted by Crippen LogP contribution is -2.38. The van der Waals surface area contributed by atoms with Crippen LogP contribution in [0.25, 0.3) is 0 Å². The second-order valence-corrected chi connectivity index (χ2v) is 4.68. The van der Waals surface area contributed by atoms with E-state index in [0.717, 1.165) is 6.42 Å². The Labute approximate surface area is 110 Å². The maximum atomic E-state index is 12.8. The van der Waals surface area contributed by atoms with Gasteiger partial charge in [0.1, 0.15) is 0 Å². The smallest absolute Gasteiger partial charge is 0.254 e. The van der Waals surface area contributed by atoms with Gasteiger partial charge in [-0.1, -0.05) is 36.2 Å². The Kier molecular flexibility index (Phi) is 6.17. The molecule has 0 spiro atoms. The molecule has 0 saturated heterocycles. The number of halogens is 4. The van der Waals surface area contributed by atoms with Crippen molar-refractivity contribution in [3.8, 4) is 0 Å². The van der Waals surface area contributed by atoms with Gasteiger partial charge in [0.05, 0.1) is 6.04 Å². The van der Waals surface area contributed by atoms with E-state index in [-0.39, 0.29) is 6.42 Å². The summed E-state index contributed by atoms with van der Waals surface area (Å²) < 4.78 is 25.6. The van der Waals surface area contributed by atoms with Gasteiger partial charge in [0.2, 0.25) is 0 Å². The maximum absolute atomic E-state index is 12.8. The molecule has 1 aromatic rings. The molecule has 0 bridgehead atoms. The van der Waals surface area contributed by atoms with E-state index in [1.165, 1.54) is 0 Å². The fourth-order valence-electron chi connectivity index (χ4n) is 1.50. The summed E-state index contributed by atoms with van der Waals surface area (Å²) in [7, 11) is 0. The summed E-state index contributed by atoms with van der Waals surface area (Å²) in [5.41, 5.74) is 0.685. The molecule has 0 saturated carbocycles. The number of alkyl halides is 2. The lowest BCUT2D eigenvalue weighted by Gasteiger charge is -2.18. The zero-order chi connectivity index (χ0) is 12.8. The zero-order valence-corrected chi connectivity index (χ0v) is 11.0. The molecule has 1 atom stereocenters. The van der Waals surface area contributed by atoms with Crippen LogP contribution in [0.1, 0.15) is 18.9 Å². The molecule has 0 aliphatic heterocycles. The summed E-state index contributed by atoms with van der Waals surface area (Å²) in [6.45, 7) is 2.50. The van der Waals surface area contributed by atoms with Crippen LogP contribution in [0.5, 0.6) is 0 Å². The molecule has 5 heteroatoms. The molecule has 1 unspecified atom stereocenters. The van der Waals surface area contributed by atoms with Gasteiger partial charge >= 0.3 is 0 Å². The monoisotopic (exact) mass is 281 g/mol. The molecule has 0 heterocycles. The molecule has 1 nitrogen and oxygen atoms in total. The first kappa shape index (κ1) is 14.7. The van der Waals surface area contributed by atoms with E-state index in [2.05, 4.69) is 5.32 Å². The number of hydrogen-bond acceptors (Lipinski definition) is 1. The van der Waals surface area contributed by atoms with E-state index < -0.39 is 12.5 Å². The molecule has 0 radical (unpaired) electrons. The van der Waals surface area contributed by atoms with Gasteiger partial charge in [0, 0.05) is 10.0 Å². The Bertz CT molecular complexity index is 358. The maximum Gasteiger partial charge on any atom is 0.254 e. The lowest BCUT2D eigenvalue weighted by molar-refractivity contribution is 0.0983.